The molecule has 0 unspecified atom stereocenters. The number of aliphatic hydroxyl groups is 4. The molecule has 1 fully saturated rings. The normalized spacial score (nSPS) is 29.2. The molecule has 0 aromatic heterocycles. The van der Waals surface area contributed by atoms with Crippen LogP contribution in [0.1, 0.15) is 40.8 Å². The van der Waals surface area contributed by atoms with Crippen LogP contribution in [0, 0.1) is 0 Å². The standard InChI is InChI=1S/C29H31ClO7/c1-29(22-5-3-2-4-19(22)15-36-29)16-35-21-9-6-17(7-10-21)12-20-13-18(8-11-23(20)30)28-27(34)26(33)25(32)24(14-31)37-28/h2-11,13,24-28,31-34H,12,14-16H2,1H3/t24-,25-,26+,27-,28+,29+/m1/s1. The number of halogens is 1. The minimum atomic E-state index is -1.44. The minimum Gasteiger partial charge on any atom is -0.490 e. The fraction of sp³-hybridized carbons (Fsp3) is 0.379. The van der Waals surface area contributed by atoms with Crippen molar-refractivity contribution in [3.05, 3.63) is 99.6 Å². The van der Waals surface area contributed by atoms with Gasteiger partial charge in [0, 0.05) is 5.02 Å². The maximum Gasteiger partial charge on any atom is 0.125 e. The van der Waals surface area contributed by atoms with Crippen molar-refractivity contribution in [1.29, 1.82) is 0 Å². The first-order chi connectivity index (χ1) is 17.8. The zero-order valence-corrected chi connectivity index (χ0v) is 21.2. The summed E-state index contributed by atoms with van der Waals surface area (Å²) in [5, 5.41) is 40.7. The summed E-state index contributed by atoms with van der Waals surface area (Å²) in [6.45, 7) is 2.54. The van der Waals surface area contributed by atoms with Crippen molar-refractivity contribution >= 4 is 11.6 Å². The SMILES string of the molecule is C[C@@]1(COc2ccc(Cc3cc([C@@H]4O[C@H](CO)[C@@H](O)[C@H](O)[C@H]4O)ccc3Cl)cc2)OCc2ccccc21. The lowest BCUT2D eigenvalue weighted by Gasteiger charge is -2.40. The Morgan fingerprint density at radius 3 is 2.49 bits per heavy atom. The van der Waals surface area contributed by atoms with Crippen molar-refractivity contribution in [2.75, 3.05) is 13.2 Å². The molecule has 0 aliphatic carbocycles. The van der Waals surface area contributed by atoms with Crippen LogP contribution in [-0.2, 0) is 28.1 Å². The molecule has 6 atom stereocenters. The molecular formula is C29H31ClO7. The number of hydrogen-bond acceptors (Lipinski definition) is 7. The van der Waals surface area contributed by atoms with E-state index in [0.717, 1.165) is 22.4 Å². The Bertz CT molecular complexity index is 1230. The van der Waals surface area contributed by atoms with Crippen molar-refractivity contribution in [2.24, 2.45) is 0 Å². The maximum atomic E-state index is 10.5. The highest BCUT2D eigenvalue weighted by Gasteiger charge is 2.44. The van der Waals surface area contributed by atoms with Gasteiger partial charge in [-0.2, -0.15) is 0 Å². The summed E-state index contributed by atoms with van der Waals surface area (Å²) in [4.78, 5) is 0. The lowest BCUT2D eigenvalue weighted by Crippen LogP contribution is -2.55. The van der Waals surface area contributed by atoms with Crippen molar-refractivity contribution < 1.29 is 34.6 Å². The zero-order chi connectivity index (χ0) is 26.2. The molecule has 0 amide bonds. The highest BCUT2D eigenvalue weighted by atomic mass is 35.5. The van der Waals surface area contributed by atoms with Crippen LogP contribution in [0.5, 0.6) is 5.75 Å². The van der Waals surface area contributed by atoms with Gasteiger partial charge in [0.1, 0.15) is 48.5 Å². The van der Waals surface area contributed by atoms with Crippen LogP contribution in [0.25, 0.3) is 0 Å². The van der Waals surface area contributed by atoms with Crippen molar-refractivity contribution in [3.63, 3.8) is 0 Å². The number of hydrogen-bond donors (Lipinski definition) is 4. The second-order valence-corrected chi connectivity index (χ2v) is 10.3. The molecule has 2 aliphatic heterocycles. The van der Waals surface area contributed by atoms with E-state index in [9.17, 15) is 20.4 Å². The molecule has 4 N–H and O–H groups in total. The van der Waals surface area contributed by atoms with Gasteiger partial charge in [-0.05, 0) is 59.4 Å². The molecule has 2 aliphatic rings. The molecule has 3 aromatic rings. The van der Waals surface area contributed by atoms with E-state index in [4.69, 9.17) is 25.8 Å². The summed E-state index contributed by atoms with van der Waals surface area (Å²) in [6.07, 6.45) is -5.54. The fourth-order valence-electron chi connectivity index (χ4n) is 5.03. The van der Waals surface area contributed by atoms with Crippen LogP contribution >= 0.6 is 11.6 Å². The third-order valence-electron chi connectivity index (χ3n) is 7.26. The van der Waals surface area contributed by atoms with Gasteiger partial charge >= 0.3 is 0 Å². The van der Waals surface area contributed by atoms with Gasteiger partial charge in [0.15, 0.2) is 0 Å². The zero-order valence-electron chi connectivity index (χ0n) is 20.5. The Morgan fingerprint density at radius 1 is 0.973 bits per heavy atom. The van der Waals surface area contributed by atoms with Crippen LogP contribution in [0.2, 0.25) is 5.02 Å². The summed E-state index contributed by atoms with van der Waals surface area (Å²) < 4.78 is 17.8. The van der Waals surface area contributed by atoms with Crippen molar-refractivity contribution in [1.82, 2.24) is 0 Å². The molecule has 37 heavy (non-hydrogen) atoms. The van der Waals surface area contributed by atoms with Gasteiger partial charge in [-0.25, -0.2) is 0 Å². The molecule has 1 saturated heterocycles. The van der Waals surface area contributed by atoms with Gasteiger partial charge in [-0.3, -0.25) is 0 Å². The van der Waals surface area contributed by atoms with Gasteiger partial charge in [-0.15, -0.1) is 0 Å². The molecule has 8 heteroatoms. The molecule has 2 heterocycles. The van der Waals surface area contributed by atoms with E-state index in [1.54, 1.807) is 12.1 Å². The summed E-state index contributed by atoms with van der Waals surface area (Å²) in [6, 6.07) is 21.2. The molecule has 0 bridgehead atoms. The quantitative estimate of drug-likeness (QED) is 0.374. The lowest BCUT2D eigenvalue weighted by molar-refractivity contribution is -0.231. The fourth-order valence-corrected chi connectivity index (χ4v) is 5.21. The van der Waals surface area contributed by atoms with Gasteiger partial charge in [-0.1, -0.05) is 60.1 Å². The largest absolute Gasteiger partial charge is 0.490 e. The summed E-state index contributed by atoms with van der Waals surface area (Å²) >= 11 is 6.47. The molecule has 0 spiro atoms. The number of fused-ring (bicyclic) bond motifs is 1. The van der Waals surface area contributed by atoms with E-state index in [0.29, 0.717) is 30.2 Å². The average molecular weight is 527 g/mol. The third kappa shape index (κ3) is 5.26. The van der Waals surface area contributed by atoms with Gasteiger partial charge in [0.2, 0.25) is 0 Å². The van der Waals surface area contributed by atoms with E-state index in [-0.39, 0.29) is 0 Å². The first kappa shape index (κ1) is 26.1. The third-order valence-corrected chi connectivity index (χ3v) is 7.62. The Hall–Kier alpha value is -2.49. The summed E-state index contributed by atoms with van der Waals surface area (Å²) in [5.41, 5.74) is 4.27. The number of rotatable bonds is 7. The molecule has 0 radical (unpaired) electrons. The first-order valence-electron chi connectivity index (χ1n) is 12.3. The predicted molar refractivity (Wildman–Crippen MR) is 137 cm³/mol. The Kier molecular flexibility index (Phi) is 7.56. The monoisotopic (exact) mass is 526 g/mol. The number of benzene rings is 3. The maximum absolute atomic E-state index is 10.5. The second-order valence-electron chi connectivity index (χ2n) is 9.89. The van der Waals surface area contributed by atoms with Crippen LogP contribution in [0.15, 0.2) is 66.7 Å². The Balaban J connectivity index is 1.26. The lowest BCUT2D eigenvalue weighted by atomic mass is 9.90. The molecule has 0 saturated carbocycles. The summed E-state index contributed by atoms with van der Waals surface area (Å²) in [5.74, 6) is 0.735. The van der Waals surface area contributed by atoms with Crippen molar-refractivity contribution in [2.45, 2.75) is 56.1 Å². The summed E-state index contributed by atoms with van der Waals surface area (Å²) in [7, 11) is 0. The molecular weight excluding hydrogens is 496 g/mol. The van der Waals surface area contributed by atoms with E-state index >= 15 is 0 Å². The average Bonchev–Trinajstić information content (AvgIpc) is 3.25. The number of aliphatic hydroxyl groups excluding tert-OH is 4. The molecule has 7 nitrogen and oxygen atoms in total. The van der Waals surface area contributed by atoms with Crippen molar-refractivity contribution in [3.8, 4) is 5.75 Å². The van der Waals surface area contributed by atoms with Crippen LogP contribution in [0.3, 0.4) is 0 Å². The molecule has 5 rings (SSSR count). The second kappa shape index (κ2) is 10.7. The van der Waals surface area contributed by atoms with Crippen LogP contribution in [0.4, 0.5) is 0 Å². The Labute approximate surface area is 220 Å². The van der Waals surface area contributed by atoms with E-state index < -0.39 is 42.7 Å². The topological polar surface area (TPSA) is 109 Å². The van der Waals surface area contributed by atoms with E-state index in [2.05, 4.69) is 12.1 Å². The van der Waals surface area contributed by atoms with Gasteiger partial charge < -0.3 is 34.6 Å². The van der Waals surface area contributed by atoms with E-state index in [1.165, 1.54) is 5.56 Å². The first-order valence-corrected chi connectivity index (χ1v) is 12.7. The predicted octanol–water partition coefficient (Wildman–Crippen LogP) is 3.27. The smallest absolute Gasteiger partial charge is 0.125 e. The molecule has 3 aromatic carbocycles. The highest BCUT2D eigenvalue weighted by Crippen LogP contribution is 2.37. The van der Waals surface area contributed by atoms with E-state index in [1.807, 2.05) is 49.4 Å². The highest BCUT2D eigenvalue weighted by molar-refractivity contribution is 6.31. The minimum absolute atomic E-state index is 0.399. The van der Waals surface area contributed by atoms with Gasteiger partial charge in [0.25, 0.3) is 0 Å². The Morgan fingerprint density at radius 2 is 1.73 bits per heavy atom. The van der Waals surface area contributed by atoms with Crippen LogP contribution < -0.4 is 4.74 Å². The van der Waals surface area contributed by atoms with Gasteiger partial charge in [0.05, 0.1) is 13.2 Å². The molecule has 196 valence electrons. The number of ether oxygens (including phenoxy) is 3. The van der Waals surface area contributed by atoms with Crippen LogP contribution in [-0.4, -0.2) is 58.1 Å².